The topological polar surface area (TPSA) is 83.5 Å². The van der Waals surface area contributed by atoms with Gasteiger partial charge in [-0.1, -0.05) is 49.9 Å². The van der Waals surface area contributed by atoms with Gasteiger partial charge in [-0.15, -0.1) is 0 Å². The number of amides is 2. The minimum atomic E-state index is -1.02. The highest BCUT2D eigenvalue weighted by Gasteiger charge is 2.30. The first-order valence-electron chi connectivity index (χ1n) is 11.7. The molecule has 188 valence electrons. The predicted octanol–water partition coefficient (Wildman–Crippen LogP) is 3.58. The molecule has 1 aromatic carbocycles. The molecule has 0 aromatic heterocycles. The lowest BCUT2D eigenvalue weighted by Crippen LogP contribution is -2.51. The van der Waals surface area contributed by atoms with Crippen LogP contribution in [-0.2, 0) is 20.9 Å². The molecule has 9 heteroatoms. The highest BCUT2D eigenvalue weighted by Crippen LogP contribution is 2.22. The summed E-state index contributed by atoms with van der Waals surface area (Å²) in [6.45, 7) is 6.75. The number of carbonyl (C=O) groups is 2. The average Bonchev–Trinajstić information content (AvgIpc) is 3.31. The van der Waals surface area contributed by atoms with E-state index >= 15 is 0 Å². The summed E-state index contributed by atoms with van der Waals surface area (Å²) in [5.41, 5.74) is 2.22. The Balaban J connectivity index is 1.72. The Morgan fingerprint density at radius 3 is 2.71 bits per heavy atom. The Labute approximate surface area is 205 Å². The number of ether oxygens (including phenoxy) is 2. The number of likely N-dealkylation sites (tertiary alicyclic amines) is 1. The Hall–Kier alpha value is -3.46. The van der Waals surface area contributed by atoms with Crippen LogP contribution >= 0.6 is 0 Å². The molecule has 35 heavy (non-hydrogen) atoms. The number of carbonyl (C=O) groups excluding carboxylic acids is 2. The molecule has 0 spiro atoms. The molecule has 2 atom stereocenters. The number of nitrogens with one attached hydrogen (secondary N) is 1. The molecule has 3 rings (SSSR count). The minimum Gasteiger partial charge on any atom is -0.443 e. The van der Waals surface area contributed by atoms with Crippen LogP contribution < -0.4 is 5.32 Å². The third kappa shape index (κ3) is 7.26. The van der Waals surface area contributed by atoms with E-state index in [0.29, 0.717) is 43.2 Å². The Kier molecular flexibility index (Phi) is 9.60. The number of rotatable bonds is 9. The van der Waals surface area contributed by atoms with Gasteiger partial charge in [0.25, 0.3) is 0 Å². The molecule has 2 aliphatic rings. The summed E-state index contributed by atoms with van der Waals surface area (Å²) in [7, 11) is 1.62. The van der Waals surface area contributed by atoms with Crippen molar-refractivity contribution in [2.24, 2.45) is 4.99 Å². The van der Waals surface area contributed by atoms with Gasteiger partial charge in [-0.05, 0) is 24.1 Å². The number of alkyl halides is 1. The molecule has 2 unspecified atom stereocenters. The first-order chi connectivity index (χ1) is 16.9. The molecule has 2 heterocycles. The van der Waals surface area contributed by atoms with Gasteiger partial charge in [0, 0.05) is 25.7 Å². The molecule has 1 N–H and O–H groups in total. The van der Waals surface area contributed by atoms with Gasteiger partial charge in [0.2, 0.25) is 5.91 Å². The van der Waals surface area contributed by atoms with Crippen LogP contribution in [0.25, 0.3) is 0 Å². The van der Waals surface area contributed by atoms with Crippen LogP contribution in [0.15, 0.2) is 71.5 Å². The second-order valence-corrected chi connectivity index (χ2v) is 8.29. The van der Waals surface area contributed by atoms with Gasteiger partial charge in [0.1, 0.15) is 24.7 Å². The zero-order valence-corrected chi connectivity index (χ0v) is 20.3. The van der Waals surface area contributed by atoms with Gasteiger partial charge in [0.15, 0.2) is 0 Å². The van der Waals surface area contributed by atoms with Crippen molar-refractivity contribution >= 4 is 17.8 Å². The first-order valence-corrected chi connectivity index (χ1v) is 11.7. The van der Waals surface area contributed by atoms with E-state index in [9.17, 15) is 14.0 Å². The molecule has 1 fully saturated rings. The summed E-state index contributed by atoms with van der Waals surface area (Å²) in [6.07, 6.45) is 4.43. The van der Waals surface area contributed by atoms with Gasteiger partial charge >= 0.3 is 6.09 Å². The Morgan fingerprint density at radius 1 is 1.29 bits per heavy atom. The minimum absolute atomic E-state index is 0.0414. The molecule has 1 saturated heterocycles. The lowest BCUT2D eigenvalue weighted by Gasteiger charge is -2.34. The van der Waals surface area contributed by atoms with Crippen LogP contribution in [0, 0.1) is 0 Å². The summed E-state index contributed by atoms with van der Waals surface area (Å²) in [4.78, 5) is 32.3. The van der Waals surface area contributed by atoms with Crippen molar-refractivity contribution in [3.05, 3.63) is 72.1 Å². The molecule has 0 saturated carbocycles. The molecule has 0 radical (unpaired) electrons. The van der Waals surface area contributed by atoms with Crippen molar-refractivity contribution in [2.45, 2.75) is 38.6 Å². The molecular weight excluding hydrogens is 451 g/mol. The normalized spacial score (nSPS) is 18.9. The summed E-state index contributed by atoms with van der Waals surface area (Å²) < 4.78 is 24.9. The third-order valence-electron chi connectivity index (χ3n) is 5.71. The van der Waals surface area contributed by atoms with E-state index in [1.54, 1.807) is 37.1 Å². The average molecular weight is 485 g/mol. The smallest absolute Gasteiger partial charge is 0.410 e. The van der Waals surface area contributed by atoms with E-state index in [1.165, 1.54) is 4.90 Å². The van der Waals surface area contributed by atoms with Gasteiger partial charge < -0.3 is 19.7 Å². The van der Waals surface area contributed by atoms with E-state index in [0.717, 1.165) is 5.56 Å². The molecular formula is C26H33FN4O4. The van der Waals surface area contributed by atoms with Crippen LogP contribution in [0.2, 0.25) is 0 Å². The monoisotopic (exact) mass is 484 g/mol. The van der Waals surface area contributed by atoms with Crippen molar-refractivity contribution in [3.8, 4) is 0 Å². The van der Waals surface area contributed by atoms with Gasteiger partial charge in [-0.3, -0.25) is 14.7 Å². The van der Waals surface area contributed by atoms with Crippen LogP contribution in [0.3, 0.4) is 0 Å². The number of halogens is 1. The van der Waals surface area contributed by atoms with E-state index in [2.05, 4.69) is 16.9 Å². The van der Waals surface area contributed by atoms with Crippen molar-refractivity contribution in [3.63, 3.8) is 0 Å². The summed E-state index contributed by atoms with van der Waals surface area (Å²) >= 11 is 0. The highest BCUT2D eigenvalue weighted by molar-refractivity contribution is 5.94. The van der Waals surface area contributed by atoms with Crippen LogP contribution in [0.5, 0.6) is 0 Å². The highest BCUT2D eigenvalue weighted by atomic mass is 19.1. The lowest BCUT2D eigenvalue weighted by molar-refractivity contribution is -0.121. The van der Waals surface area contributed by atoms with Crippen molar-refractivity contribution in [1.29, 1.82) is 0 Å². The van der Waals surface area contributed by atoms with Gasteiger partial charge in [0.05, 0.1) is 25.5 Å². The number of benzene rings is 1. The number of amidine groups is 1. The van der Waals surface area contributed by atoms with Gasteiger partial charge in [-0.25, -0.2) is 9.18 Å². The Morgan fingerprint density at radius 2 is 2.06 bits per heavy atom. The molecule has 0 bridgehead atoms. The number of hydrogen-bond acceptors (Lipinski definition) is 5. The second kappa shape index (κ2) is 12.9. The predicted molar refractivity (Wildman–Crippen MR) is 132 cm³/mol. The van der Waals surface area contributed by atoms with E-state index in [-0.39, 0.29) is 25.7 Å². The van der Waals surface area contributed by atoms with E-state index in [4.69, 9.17) is 9.47 Å². The first kappa shape index (κ1) is 26.2. The zero-order chi connectivity index (χ0) is 25.2. The standard InChI is InChI=1S/C26H33FN4O4/c1-4-24(32)29-23(18-34-16-20-10-6-5-7-11-20)25(28-3)31-19(2)9-8-12-22(31)17-35-26(33)30-14-13-21(27)15-30/h5-12,21,23H,2,4,13-18H2,1,3H3,(H,29,32)/b28-25-. The maximum atomic E-state index is 13.5. The van der Waals surface area contributed by atoms with Crippen molar-refractivity contribution < 1.29 is 23.5 Å². The largest absolute Gasteiger partial charge is 0.443 e. The fourth-order valence-corrected chi connectivity index (χ4v) is 3.88. The maximum Gasteiger partial charge on any atom is 0.410 e. The fourth-order valence-electron chi connectivity index (χ4n) is 3.88. The zero-order valence-electron chi connectivity index (χ0n) is 20.3. The van der Waals surface area contributed by atoms with Crippen LogP contribution in [-0.4, -0.2) is 73.2 Å². The number of nitrogens with zero attached hydrogens (tertiary/aromatic N) is 3. The van der Waals surface area contributed by atoms with Gasteiger partial charge in [-0.2, -0.15) is 0 Å². The van der Waals surface area contributed by atoms with Crippen molar-refractivity contribution in [1.82, 2.24) is 15.1 Å². The van der Waals surface area contributed by atoms with Crippen molar-refractivity contribution in [2.75, 3.05) is 33.4 Å². The second-order valence-electron chi connectivity index (χ2n) is 8.29. The van der Waals surface area contributed by atoms with E-state index in [1.807, 2.05) is 30.3 Å². The molecule has 2 aliphatic heterocycles. The summed E-state index contributed by atoms with van der Waals surface area (Å²) in [6, 6.07) is 9.17. The number of allylic oxidation sites excluding steroid dienone is 3. The SMILES string of the molecule is C=C1C=CC=C(COC(=O)N2CCC(F)C2)N1/C(=N\C)C(COCc1ccccc1)NC(=O)CC. The molecule has 1 aromatic rings. The fraction of sp³-hybridized carbons (Fsp3) is 0.423. The number of aliphatic imine (C=N–C) groups is 1. The van der Waals surface area contributed by atoms with Crippen LogP contribution in [0.4, 0.5) is 9.18 Å². The molecule has 0 aliphatic carbocycles. The third-order valence-corrected chi connectivity index (χ3v) is 5.71. The number of hydrogen-bond donors (Lipinski definition) is 1. The van der Waals surface area contributed by atoms with Crippen LogP contribution in [0.1, 0.15) is 25.3 Å². The van der Waals surface area contributed by atoms with E-state index < -0.39 is 18.3 Å². The maximum absolute atomic E-state index is 13.5. The molecule has 8 nitrogen and oxygen atoms in total. The molecule has 2 amide bonds. The lowest BCUT2D eigenvalue weighted by atomic mass is 10.1. The summed E-state index contributed by atoms with van der Waals surface area (Å²) in [5, 5.41) is 2.97. The summed E-state index contributed by atoms with van der Waals surface area (Å²) in [5.74, 6) is 0.353. The quantitative estimate of drug-likeness (QED) is 0.428. The Bertz CT molecular complexity index is 992.